The number of nitrogens with zero attached hydrogens (tertiary/aromatic N) is 1. The third-order valence-electron chi connectivity index (χ3n) is 5.73. The molecule has 0 fully saturated rings. The average molecular weight is 555 g/mol. The number of aromatic amines is 1. The van der Waals surface area contributed by atoms with Crippen LogP contribution in [0.4, 0.5) is 0 Å². The SMILES string of the molecule is CCOc1ccc2[nH]c(=O)c(CN(CCc3cccc(C)c3)S(=O)(=O)c3ccc(Br)cc3)cc2c1. The molecule has 0 aliphatic carbocycles. The van der Waals surface area contributed by atoms with Gasteiger partial charge in [0.2, 0.25) is 10.0 Å². The Hall–Kier alpha value is -2.94. The third-order valence-corrected chi connectivity index (χ3v) is 8.12. The van der Waals surface area contributed by atoms with Gasteiger partial charge in [-0.1, -0.05) is 45.8 Å². The molecule has 4 rings (SSSR count). The lowest BCUT2D eigenvalue weighted by atomic mass is 10.1. The van der Waals surface area contributed by atoms with Gasteiger partial charge in [0, 0.05) is 34.0 Å². The summed E-state index contributed by atoms with van der Waals surface area (Å²) in [5.41, 5.74) is 2.88. The van der Waals surface area contributed by atoms with E-state index < -0.39 is 10.0 Å². The molecular weight excluding hydrogens is 528 g/mol. The number of halogens is 1. The van der Waals surface area contributed by atoms with Gasteiger partial charge in [0.05, 0.1) is 11.5 Å². The van der Waals surface area contributed by atoms with Gasteiger partial charge in [0.1, 0.15) is 5.75 Å². The van der Waals surface area contributed by atoms with Crippen molar-refractivity contribution in [3.63, 3.8) is 0 Å². The van der Waals surface area contributed by atoms with Crippen LogP contribution in [0.15, 0.2) is 87.0 Å². The summed E-state index contributed by atoms with van der Waals surface area (Å²) in [6.45, 7) is 4.62. The Kier molecular flexibility index (Phi) is 7.74. The first-order valence-electron chi connectivity index (χ1n) is 11.4. The first-order valence-corrected chi connectivity index (χ1v) is 13.6. The molecule has 0 aliphatic heterocycles. The van der Waals surface area contributed by atoms with E-state index in [1.165, 1.54) is 4.31 Å². The normalized spacial score (nSPS) is 11.8. The molecule has 1 aromatic heterocycles. The van der Waals surface area contributed by atoms with E-state index in [0.717, 1.165) is 21.0 Å². The van der Waals surface area contributed by atoms with E-state index in [4.69, 9.17) is 4.74 Å². The zero-order valence-corrected chi connectivity index (χ0v) is 22.0. The molecule has 0 saturated heterocycles. The highest BCUT2D eigenvalue weighted by atomic mass is 79.9. The first kappa shape index (κ1) is 25.2. The maximum absolute atomic E-state index is 13.6. The van der Waals surface area contributed by atoms with Gasteiger partial charge in [0.25, 0.3) is 5.56 Å². The molecule has 0 atom stereocenters. The van der Waals surface area contributed by atoms with Crippen molar-refractivity contribution in [1.29, 1.82) is 0 Å². The van der Waals surface area contributed by atoms with Gasteiger partial charge in [-0.15, -0.1) is 0 Å². The molecule has 0 aliphatic rings. The second-order valence-corrected chi connectivity index (χ2v) is 11.2. The van der Waals surface area contributed by atoms with Crippen LogP contribution < -0.4 is 10.3 Å². The van der Waals surface area contributed by atoms with Crippen LogP contribution in [0, 0.1) is 6.92 Å². The zero-order valence-electron chi connectivity index (χ0n) is 19.6. The highest BCUT2D eigenvalue weighted by molar-refractivity contribution is 9.10. The van der Waals surface area contributed by atoms with E-state index in [1.54, 1.807) is 42.5 Å². The highest BCUT2D eigenvalue weighted by Crippen LogP contribution is 2.23. The van der Waals surface area contributed by atoms with Gasteiger partial charge in [0.15, 0.2) is 0 Å². The molecule has 8 heteroatoms. The number of nitrogens with one attached hydrogen (secondary N) is 1. The summed E-state index contributed by atoms with van der Waals surface area (Å²) in [6.07, 6.45) is 0.525. The standard InChI is InChI=1S/C27H27BrN2O4S/c1-3-34-24-9-12-26-21(17-24)16-22(27(31)29-26)18-30(14-13-20-6-4-5-19(2)15-20)35(32,33)25-10-7-23(28)8-11-25/h4-12,15-17H,3,13-14,18H2,1-2H3,(H,29,31). The third kappa shape index (κ3) is 6.01. The zero-order chi connectivity index (χ0) is 25.0. The molecule has 0 amide bonds. The minimum Gasteiger partial charge on any atom is -0.494 e. The molecule has 0 unspecified atom stereocenters. The van der Waals surface area contributed by atoms with Gasteiger partial charge < -0.3 is 9.72 Å². The second kappa shape index (κ2) is 10.8. The fourth-order valence-corrected chi connectivity index (χ4v) is 5.64. The van der Waals surface area contributed by atoms with Crippen LogP contribution in [0.2, 0.25) is 0 Å². The topological polar surface area (TPSA) is 79.5 Å². The largest absolute Gasteiger partial charge is 0.494 e. The van der Waals surface area contributed by atoms with Crippen molar-refractivity contribution in [1.82, 2.24) is 9.29 Å². The van der Waals surface area contributed by atoms with Crippen molar-refractivity contribution < 1.29 is 13.2 Å². The smallest absolute Gasteiger partial charge is 0.252 e. The molecule has 1 N–H and O–H groups in total. The van der Waals surface area contributed by atoms with Crippen LogP contribution in [0.3, 0.4) is 0 Å². The van der Waals surface area contributed by atoms with Crippen LogP contribution in [0.5, 0.6) is 5.75 Å². The minimum atomic E-state index is -3.85. The van der Waals surface area contributed by atoms with Crippen LogP contribution in [0.1, 0.15) is 23.6 Å². The fourth-order valence-electron chi connectivity index (χ4n) is 3.96. The summed E-state index contributed by atoms with van der Waals surface area (Å²) in [6, 6.07) is 21.7. The van der Waals surface area contributed by atoms with Crippen molar-refractivity contribution in [2.24, 2.45) is 0 Å². The molecule has 6 nitrogen and oxygen atoms in total. The van der Waals surface area contributed by atoms with Crippen LogP contribution in [-0.4, -0.2) is 30.9 Å². The van der Waals surface area contributed by atoms with Crippen molar-refractivity contribution in [2.75, 3.05) is 13.2 Å². The van der Waals surface area contributed by atoms with E-state index in [1.807, 2.05) is 44.2 Å². The molecule has 3 aromatic carbocycles. The molecule has 0 saturated carbocycles. The molecule has 0 radical (unpaired) electrons. The summed E-state index contributed by atoms with van der Waals surface area (Å²) < 4.78 is 35.0. The predicted octanol–water partition coefficient (Wildman–Crippen LogP) is 5.43. The lowest BCUT2D eigenvalue weighted by Crippen LogP contribution is -2.34. The number of hydrogen-bond acceptors (Lipinski definition) is 4. The fraction of sp³-hybridized carbons (Fsp3) is 0.222. The lowest BCUT2D eigenvalue weighted by molar-refractivity contribution is 0.340. The number of fused-ring (bicyclic) bond motifs is 1. The van der Waals surface area contributed by atoms with Crippen molar-refractivity contribution >= 4 is 36.9 Å². The average Bonchev–Trinajstić information content (AvgIpc) is 2.82. The number of aryl methyl sites for hydroxylation is 1. The van der Waals surface area contributed by atoms with Crippen molar-refractivity contribution in [2.45, 2.75) is 31.7 Å². The highest BCUT2D eigenvalue weighted by Gasteiger charge is 2.25. The Morgan fingerprint density at radius 1 is 1.00 bits per heavy atom. The number of H-pyrrole nitrogens is 1. The Morgan fingerprint density at radius 2 is 1.77 bits per heavy atom. The van der Waals surface area contributed by atoms with E-state index in [9.17, 15) is 13.2 Å². The van der Waals surface area contributed by atoms with Gasteiger partial charge >= 0.3 is 0 Å². The number of aromatic nitrogens is 1. The number of pyridine rings is 1. The van der Waals surface area contributed by atoms with Crippen LogP contribution >= 0.6 is 15.9 Å². The van der Waals surface area contributed by atoms with E-state index in [-0.39, 0.29) is 23.5 Å². The number of hydrogen-bond donors (Lipinski definition) is 1. The minimum absolute atomic E-state index is 0.0473. The monoisotopic (exact) mass is 554 g/mol. The lowest BCUT2D eigenvalue weighted by Gasteiger charge is -2.22. The quantitative estimate of drug-likeness (QED) is 0.299. The van der Waals surface area contributed by atoms with Gasteiger partial charge in [-0.3, -0.25) is 4.79 Å². The summed E-state index contributed by atoms with van der Waals surface area (Å²) in [7, 11) is -3.85. The molecular formula is C27H27BrN2O4S. The Balaban J connectivity index is 1.71. The number of rotatable bonds is 9. The maximum atomic E-state index is 13.6. The number of sulfonamides is 1. The van der Waals surface area contributed by atoms with E-state index >= 15 is 0 Å². The molecule has 35 heavy (non-hydrogen) atoms. The van der Waals surface area contributed by atoms with Gasteiger partial charge in [-0.05, 0) is 74.4 Å². The van der Waals surface area contributed by atoms with E-state index in [0.29, 0.717) is 29.9 Å². The molecule has 182 valence electrons. The predicted molar refractivity (Wildman–Crippen MR) is 142 cm³/mol. The first-order chi connectivity index (χ1) is 16.8. The summed E-state index contributed by atoms with van der Waals surface area (Å²) in [5.74, 6) is 0.691. The van der Waals surface area contributed by atoms with E-state index in [2.05, 4.69) is 20.9 Å². The maximum Gasteiger partial charge on any atom is 0.252 e. The number of benzene rings is 3. The Bertz CT molecular complexity index is 1500. The molecule has 4 aromatic rings. The van der Waals surface area contributed by atoms with Gasteiger partial charge in [-0.2, -0.15) is 4.31 Å². The van der Waals surface area contributed by atoms with Crippen LogP contribution in [-0.2, 0) is 23.0 Å². The Morgan fingerprint density at radius 3 is 2.49 bits per heavy atom. The summed E-state index contributed by atoms with van der Waals surface area (Å²) >= 11 is 3.36. The van der Waals surface area contributed by atoms with Crippen molar-refractivity contribution in [3.05, 3.63) is 104 Å². The molecule has 0 bridgehead atoms. The second-order valence-electron chi connectivity index (χ2n) is 8.34. The van der Waals surface area contributed by atoms with Crippen LogP contribution in [0.25, 0.3) is 10.9 Å². The Labute approximate surface area is 213 Å². The summed E-state index contributed by atoms with van der Waals surface area (Å²) in [4.78, 5) is 15.9. The van der Waals surface area contributed by atoms with Gasteiger partial charge in [-0.25, -0.2) is 8.42 Å². The van der Waals surface area contributed by atoms with Crippen molar-refractivity contribution in [3.8, 4) is 5.75 Å². The molecule has 0 spiro atoms. The number of ether oxygens (including phenoxy) is 1. The molecule has 1 heterocycles. The summed E-state index contributed by atoms with van der Waals surface area (Å²) in [5, 5.41) is 0.783.